The van der Waals surface area contributed by atoms with Crippen LogP contribution in [0.15, 0.2) is 30.3 Å². The molecule has 0 aliphatic rings. The molecule has 0 heterocycles. The summed E-state index contributed by atoms with van der Waals surface area (Å²) in [4.78, 5) is 33.7. The molecule has 0 atom stereocenters. The normalized spacial score (nSPS) is 9.61. The second-order valence-electron chi connectivity index (χ2n) is 3.46. The average Bonchev–Trinajstić information content (AvgIpc) is 2.37. The molecule has 0 fully saturated rings. The maximum atomic E-state index is 11.5. The first-order valence-electron chi connectivity index (χ1n) is 5.53. The molecule has 5 nitrogen and oxygen atoms in total. The molecule has 0 unspecified atom stereocenters. The van der Waals surface area contributed by atoms with Crippen LogP contribution >= 0.6 is 0 Å². The van der Waals surface area contributed by atoms with Gasteiger partial charge in [-0.2, -0.15) is 0 Å². The number of hydrogen-bond donors (Lipinski definition) is 0. The van der Waals surface area contributed by atoms with E-state index < -0.39 is 24.3 Å². The Hall–Kier alpha value is -2.17. The molecule has 0 bridgehead atoms. The molecule has 1 aromatic rings. The van der Waals surface area contributed by atoms with Crippen molar-refractivity contribution in [3.8, 4) is 0 Å². The molecule has 0 N–H and O–H groups in total. The van der Waals surface area contributed by atoms with Crippen molar-refractivity contribution in [3.63, 3.8) is 0 Å². The number of ether oxygens (including phenoxy) is 2. The first-order valence-corrected chi connectivity index (χ1v) is 5.53. The number of esters is 2. The van der Waals surface area contributed by atoms with Gasteiger partial charge in [0.2, 0.25) is 0 Å². The van der Waals surface area contributed by atoms with Crippen LogP contribution in [-0.2, 0) is 19.1 Å². The van der Waals surface area contributed by atoms with Gasteiger partial charge in [-0.3, -0.25) is 9.59 Å². The highest BCUT2D eigenvalue weighted by molar-refractivity contribution is 5.98. The van der Waals surface area contributed by atoms with E-state index in [0.717, 1.165) is 0 Å². The number of ketones is 1. The molecule has 1 rings (SSSR count). The summed E-state index contributed by atoms with van der Waals surface area (Å²) in [7, 11) is 0. The quantitative estimate of drug-likeness (QED) is 0.563. The van der Waals surface area contributed by atoms with Gasteiger partial charge in [-0.1, -0.05) is 18.2 Å². The molecule has 0 radical (unpaired) electrons. The predicted octanol–water partition coefficient (Wildman–Crippen LogP) is 1.37. The lowest BCUT2D eigenvalue weighted by molar-refractivity contribution is -0.146. The largest absolute Gasteiger partial charge is 0.466 e. The highest BCUT2D eigenvalue weighted by atomic mass is 16.5. The molecule has 5 heteroatoms. The van der Waals surface area contributed by atoms with Gasteiger partial charge >= 0.3 is 11.9 Å². The highest BCUT2D eigenvalue weighted by Crippen LogP contribution is 2.01. The van der Waals surface area contributed by atoms with Crippen molar-refractivity contribution in [1.82, 2.24) is 0 Å². The molecule has 18 heavy (non-hydrogen) atoms. The fourth-order valence-electron chi connectivity index (χ4n) is 1.23. The Morgan fingerprint density at radius 2 is 1.72 bits per heavy atom. The smallest absolute Gasteiger partial charge is 0.338 e. The van der Waals surface area contributed by atoms with Crippen molar-refractivity contribution >= 4 is 17.7 Å². The summed E-state index contributed by atoms with van der Waals surface area (Å²) in [6, 6.07) is 8.31. The van der Waals surface area contributed by atoms with E-state index in [1.54, 1.807) is 37.3 Å². The highest BCUT2D eigenvalue weighted by Gasteiger charge is 2.13. The van der Waals surface area contributed by atoms with Crippen LogP contribution in [-0.4, -0.2) is 30.9 Å². The van der Waals surface area contributed by atoms with Crippen LogP contribution in [0, 0.1) is 0 Å². The Morgan fingerprint density at radius 3 is 2.33 bits per heavy atom. The maximum Gasteiger partial charge on any atom is 0.338 e. The molecule has 0 spiro atoms. The Labute approximate surface area is 105 Å². The zero-order valence-electron chi connectivity index (χ0n) is 10.0. The first kappa shape index (κ1) is 13.9. The van der Waals surface area contributed by atoms with Gasteiger partial charge in [-0.15, -0.1) is 0 Å². The number of carbonyl (C=O) groups is 3. The molecule has 0 aliphatic carbocycles. The zero-order valence-corrected chi connectivity index (χ0v) is 10.0. The predicted molar refractivity (Wildman–Crippen MR) is 63.0 cm³/mol. The summed E-state index contributed by atoms with van der Waals surface area (Å²) in [6.07, 6.45) is -0.379. The van der Waals surface area contributed by atoms with Crippen LogP contribution in [0.1, 0.15) is 23.7 Å². The first-order chi connectivity index (χ1) is 8.63. The van der Waals surface area contributed by atoms with Crippen LogP contribution < -0.4 is 0 Å². The monoisotopic (exact) mass is 250 g/mol. The fourth-order valence-corrected chi connectivity index (χ4v) is 1.23. The van der Waals surface area contributed by atoms with Gasteiger partial charge < -0.3 is 9.47 Å². The summed E-state index contributed by atoms with van der Waals surface area (Å²) < 4.78 is 9.38. The lowest BCUT2D eigenvalue weighted by atomic mass is 10.2. The van der Waals surface area contributed by atoms with E-state index in [0.29, 0.717) is 5.56 Å². The number of Topliss-reactive ketones (excluding diaryl/α,β-unsaturated/α-hetero) is 1. The second-order valence-corrected chi connectivity index (χ2v) is 3.46. The van der Waals surface area contributed by atoms with Gasteiger partial charge in [0, 0.05) is 0 Å². The van der Waals surface area contributed by atoms with Crippen molar-refractivity contribution in [2.75, 3.05) is 13.2 Å². The summed E-state index contributed by atoms with van der Waals surface area (Å²) in [5, 5.41) is 0. The van der Waals surface area contributed by atoms with Crippen molar-refractivity contribution < 1.29 is 23.9 Å². The number of benzene rings is 1. The lowest BCUT2D eigenvalue weighted by Gasteiger charge is -2.04. The number of rotatable bonds is 6. The van der Waals surface area contributed by atoms with Crippen molar-refractivity contribution in [2.45, 2.75) is 13.3 Å². The zero-order chi connectivity index (χ0) is 13.4. The van der Waals surface area contributed by atoms with Crippen molar-refractivity contribution in [2.24, 2.45) is 0 Å². The Balaban J connectivity index is 2.35. The van der Waals surface area contributed by atoms with E-state index in [9.17, 15) is 14.4 Å². The molecule has 0 aromatic heterocycles. The lowest BCUT2D eigenvalue weighted by Crippen LogP contribution is -2.18. The standard InChI is InChI=1S/C13H14O5/c1-2-17-12(15)8-11(14)9-18-13(16)10-6-4-3-5-7-10/h3-7H,2,8-9H2,1H3. The summed E-state index contributed by atoms with van der Waals surface area (Å²) in [5.41, 5.74) is 0.362. The van der Waals surface area contributed by atoms with Crippen LogP contribution in [0.3, 0.4) is 0 Å². The van der Waals surface area contributed by atoms with Crippen LogP contribution in [0.2, 0.25) is 0 Å². The van der Waals surface area contributed by atoms with Crippen LogP contribution in [0.5, 0.6) is 0 Å². The topological polar surface area (TPSA) is 69.7 Å². The third-order valence-corrected chi connectivity index (χ3v) is 2.02. The molecule has 0 saturated heterocycles. The minimum Gasteiger partial charge on any atom is -0.466 e. The summed E-state index contributed by atoms with van der Waals surface area (Å²) in [6.45, 7) is 1.44. The van der Waals surface area contributed by atoms with Crippen molar-refractivity contribution in [1.29, 1.82) is 0 Å². The second kappa shape index (κ2) is 7.21. The fraction of sp³-hybridized carbons (Fsp3) is 0.308. The van der Waals surface area contributed by atoms with Gasteiger partial charge in [-0.25, -0.2) is 4.79 Å². The maximum absolute atomic E-state index is 11.5. The van der Waals surface area contributed by atoms with Crippen LogP contribution in [0.4, 0.5) is 0 Å². The molecular formula is C13H14O5. The van der Waals surface area contributed by atoms with Crippen molar-refractivity contribution in [3.05, 3.63) is 35.9 Å². The van der Waals surface area contributed by atoms with E-state index in [1.807, 2.05) is 0 Å². The minimum absolute atomic E-state index is 0.218. The van der Waals surface area contributed by atoms with Gasteiger partial charge in [-0.05, 0) is 19.1 Å². The molecule has 0 aliphatic heterocycles. The van der Waals surface area contributed by atoms with E-state index in [2.05, 4.69) is 4.74 Å². The summed E-state index contributed by atoms with van der Waals surface area (Å²) >= 11 is 0. The van der Waals surface area contributed by atoms with E-state index in [-0.39, 0.29) is 13.0 Å². The van der Waals surface area contributed by atoms with Crippen LogP contribution in [0.25, 0.3) is 0 Å². The Morgan fingerprint density at radius 1 is 1.06 bits per heavy atom. The molecular weight excluding hydrogens is 236 g/mol. The third kappa shape index (κ3) is 4.78. The Kier molecular flexibility index (Phi) is 5.57. The minimum atomic E-state index is -0.613. The average molecular weight is 250 g/mol. The third-order valence-electron chi connectivity index (χ3n) is 2.02. The molecule has 1 aromatic carbocycles. The van der Waals surface area contributed by atoms with Gasteiger partial charge in [0.15, 0.2) is 12.4 Å². The van der Waals surface area contributed by atoms with E-state index >= 15 is 0 Å². The van der Waals surface area contributed by atoms with Gasteiger partial charge in [0.1, 0.15) is 6.42 Å². The number of carbonyl (C=O) groups excluding carboxylic acids is 3. The van der Waals surface area contributed by atoms with E-state index in [4.69, 9.17) is 4.74 Å². The summed E-state index contributed by atoms with van der Waals surface area (Å²) in [5.74, 6) is -1.69. The molecule has 96 valence electrons. The van der Waals surface area contributed by atoms with Gasteiger partial charge in [0.05, 0.1) is 12.2 Å². The van der Waals surface area contributed by atoms with Gasteiger partial charge in [0.25, 0.3) is 0 Å². The SMILES string of the molecule is CCOC(=O)CC(=O)COC(=O)c1ccccc1. The Bertz CT molecular complexity index is 424. The molecule has 0 saturated carbocycles. The number of hydrogen-bond acceptors (Lipinski definition) is 5. The molecule has 0 amide bonds. The van der Waals surface area contributed by atoms with E-state index in [1.165, 1.54) is 0 Å².